The lowest BCUT2D eigenvalue weighted by atomic mass is 10.0. The Morgan fingerprint density at radius 3 is 2.35 bits per heavy atom. The Hall–Kier alpha value is -3.02. The second kappa shape index (κ2) is 8.38. The van der Waals surface area contributed by atoms with Crippen molar-refractivity contribution in [3.8, 4) is 11.5 Å². The number of rotatable bonds is 7. The second-order valence-corrected chi connectivity index (χ2v) is 5.99. The van der Waals surface area contributed by atoms with Crippen molar-refractivity contribution in [2.45, 2.75) is 26.3 Å². The zero-order chi connectivity index (χ0) is 19.3. The molecule has 2 N–H and O–H groups in total. The molecule has 2 aromatic carbocycles. The van der Waals surface area contributed by atoms with Gasteiger partial charge in [-0.25, -0.2) is 4.79 Å². The van der Waals surface area contributed by atoms with Crippen LogP contribution < -0.4 is 14.8 Å². The zero-order valence-electron chi connectivity index (χ0n) is 15.3. The molecule has 0 aliphatic heterocycles. The van der Waals surface area contributed by atoms with E-state index in [2.05, 4.69) is 5.32 Å². The Morgan fingerprint density at radius 1 is 1.12 bits per heavy atom. The van der Waals surface area contributed by atoms with Crippen molar-refractivity contribution in [3.63, 3.8) is 0 Å². The van der Waals surface area contributed by atoms with E-state index >= 15 is 0 Å². The topological polar surface area (TPSA) is 84.9 Å². The molecular formula is C20H23NO5. The average Bonchev–Trinajstić information content (AvgIpc) is 2.61. The van der Waals surface area contributed by atoms with Crippen LogP contribution in [0.25, 0.3) is 0 Å². The zero-order valence-corrected chi connectivity index (χ0v) is 15.3. The van der Waals surface area contributed by atoms with Gasteiger partial charge in [0.25, 0.3) is 0 Å². The standard InChI is InChI=1S/C20H23NO5/c1-12-9-17(25-3)18(26-4)11-16(12)13(2)21-19(22)10-14-7-5-6-8-15(14)20(23)24/h5-9,11,13H,10H2,1-4H3,(H,21,22)(H,23,24). The number of aryl methyl sites for hydroxylation is 1. The minimum Gasteiger partial charge on any atom is -0.493 e. The maximum Gasteiger partial charge on any atom is 0.335 e. The van der Waals surface area contributed by atoms with Crippen molar-refractivity contribution in [1.82, 2.24) is 5.32 Å². The summed E-state index contributed by atoms with van der Waals surface area (Å²) in [6.07, 6.45) is -0.000843. The summed E-state index contributed by atoms with van der Waals surface area (Å²) >= 11 is 0. The van der Waals surface area contributed by atoms with Crippen LogP contribution in [-0.4, -0.2) is 31.2 Å². The summed E-state index contributed by atoms with van der Waals surface area (Å²) in [5, 5.41) is 12.1. The van der Waals surface area contributed by atoms with Gasteiger partial charge >= 0.3 is 5.97 Å². The van der Waals surface area contributed by atoms with Crippen LogP contribution in [0.2, 0.25) is 0 Å². The first-order valence-electron chi connectivity index (χ1n) is 8.20. The lowest BCUT2D eigenvalue weighted by Crippen LogP contribution is -2.29. The first-order chi connectivity index (χ1) is 12.4. The Balaban J connectivity index is 2.16. The minimum atomic E-state index is -1.04. The normalized spacial score (nSPS) is 11.5. The lowest BCUT2D eigenvalue weighted by molar-refractivity contribution is -0.121. The molecule has 0 saturated heterocycles. The van der Waals surface area contributed by atoms with Crippen molar-refractivity contribution in [1.29, 1.82) is 0 Å². The Morgan fingerprint density at radius 2 is 1.73 bits per heavy atom. The van der Waals surface area contributed by atoms with E-state index in [-0.39, 0.29) is 23.9 Å². The number of carboxylic acid groups (broad SMARTS) is 1. The van der Waals surface area contributed by atoms with E-state index in [1.54, 1.807) is 32.4 Å². The summed E-state index contributed by atoms with van der Waals surface area (Å²) in [4.78, 5) is 23.7. The number of hydrogen-bond acceptors (Lipinski definition) is 4. The Bertz CT molecular complexity index is 816. The molecule has 2 rings (SSSR count). The smallest absolute Gasteiger partial charge is 0.335 e. The van der Waals surface area contributed by atoms with E-state index in [4.69, 9.17) is 9.47 Å². The van der Waals surface area contributed by atoms with E-state index in [9.17, 15) is 14.7 Å². The number of carbonyl (C=O) groups excluding carboxylic acids is 1. The fraction of sp³-hybridized carbons (Fsp3) is 0.300. The maximum atomic E-state index is 12.4. The van der Waals surface area contributed by atoms with E-state index in [1.807, 2.05) is 26.0 Å². The number of aromatic carboxylic acids is 1. The molecule has 6 heteroatoms. The molecule has 2 aromatic rings. The molecule has 1 amide bonds. The van der Waals surface area contributed by atoms with Gasteiger partial charge in [-0.3, -0.25) is 4.79 Å². The predicted molar refractivity (Wildman–Crippen MR) is 97.9 cm³/mol. The minimum absolute atomic E-state index is 0.000843. The summed E-state index contributed by atoms with van der Waals surface area (Å²) in [5.74, 6) is -0.0781. The Labute approximate surface area is 152 Å². The van der Waals surface area contributed by atoms with Gasteiger partial charge in [-0.15, -0.1) is 0 Å². The molecule has 0 heterocycles. The number of carboxylic acids is 1. The fourth-order valence-corrected chi connectivity index (χ4v) is 2.89. The SMILES string of the molecule is COc1cc(C)c(C(C)NC(=O)Cc2ccccc2C(=O)O)cc1OC. The van der Waals surface area contributed by atoms with Crippen molar-refractivity contribution >= 4 is 11.9 Å². The summed E-state index contributed by atoms with van der Waals surface area (Å²) in [6.45, 7) is 3.80. The lowest BCUT2D eigenvalue weighted by Gasteiger charge is -2.19. The molecule has 0 aliphatic rings. The second-order valence-electron chi connectivity index (χ2n) is 5.99. The highest BCUT2D eigenvalue weighted by Crippen LogP contribution is 2.32. The molecule has 0 aliphatic carbocycles. The highest BCUT2D eigenvalue weighted by atomic mass is 16.5. The number of ether oxygens (including phenoxy) is 2. The van der Waals surface area contributed by atoms with Gasteiger partial charge in [0.05, 0.1) is 32.2 Å². The van der Waals surface area contributed by atoms with Gasteiger partial charge in [0.1, 0.15) is 0 Å². The molecule has 1 unspecified atom stereocenters. The van der Waals surface area contributed by atoms with Crippen LogP contribution in [0.5, 0.6) is 11.5 Å². The third kappa shape index (κ3) is 4.33. The van der Waals surface area contributed by atoms with Gasteiger partial charge in [0, 0.05) is 0 Å². The quantitative estimate of drug-likeness (QED) is 0.795. The van der Waals surface area contributed by atoms with Crippen molar-refractivity contribution in [2.24, 2.45) is 0 Å². The van der Waals surface area contributed by atoms with Crippen LogP contribution >= 0.6 is 0 Å². The molecule has 138 valence electrons. The van der Waals surface area contributed by atoms with Gasteiger partial charge in [-0.2, -0.15) is 0 Å². The third-order valence-electron chi connectivity index (χ3n) is 4.21. The number of nitrogens with one attached hydrogen (secondary N) is 1. The molecule has 0 radical (unpaired) electrons. The average molecular weight is 357 g/mol. The summed E-state index contributed by atoms with van der Waals surface area (Å²) in [5.41, 5.74) is 2.48. The van der Waals surface area contributed by atoms with Gasteiger partial charge in [0.15, 0.2) is 11.5 Å². The molecule has 0 saturated carbocycles. The van der Waals surface area contributed by atoms with Crippen molar-refractivity contribution in [2.75, 3.05) is 14.2 Å². The number of methoxy groups -OCH3 is 2. The van der Waals surface area contributed by atoms with Gasteiger partial charge in [-0.1, -0.05) is 18.2 Å². The maximum absolute atomic E-state index is 12.4. The van der Waals surface area contributed by atoms with Crippen LogP contribution in [0, 0.1) is 6.92 Å². The molecule has 0 spiro atoms. The van der Waals surface area contributed by atoms with Gasteiger partial charge < -0.3 is 19.9 Å². The van der Waals surface area contributed by atoms with Crippen molar-refractivity contribution in [3.05, 3.63) is 58.7 Å². The summed E-state index contributed by atoms with van der Waals surface area (Å²) in [6, 6.07) is 9.93. The number of amides is 1. The van der Waals surface area contributed by atoms with E-state index < -0.39 is 5.97 Å². The molecular weight excluding hydrogens is 334 g/mol. The molecule has 0 bridgehead atoms. The predicted octanol–water partition coefficient (Wildman–Crippen LogP) is 3.13. The highest BCUT2D eigenvalue weighted by Gasteiger charge is 2.17. The van der Waals surface area contributed by atoms with E-state index in [0.29, 0.717) is 17.1 Å². The first-order valence-corrected chi connectivity index (χ1v) is 8.20. The number of hydrogen-bond donors (Lipinski definition) is 2. The van der Waals surface area contributed by atoms with E-state index in [0.717, 1.165) is 11.1 Å². The summed E-state index contributed by atoms with van der Waals surface area (Å²) in [7, 11) is 3.13. The van der Waals surface area contributed by atoms with Gasteiger partial charge in [-0.05, 0) is 48.7 Å². The Kier molecular flexibility index (Phi) is 6.22. The molecule has 26 heavy (non-hydrogen) atoms. The number of carbonyl (C=O) groups is 2. The van der Waals surface area contributed by atoms with Crippen molar-refractivity contribution < 1.29 is 24.2 Å². The highest BCUT2D eigenvalue weighted by molar-refractivity contribution is 5.91. The van der Waals surface area contributed by atoms with Crippen LogP contribution in [-0.2, 0) is 11.2 Å². The number of benzene rings is 2. The monoisotopic (exact) mass is 357 g/mol. The van der Waals surface area contributed by atoms with Crippen LogP contribution in [0.3, 0.4) is 0 Å². The molecule has 0 fully saturated rings. The van der Waals surface area contributed by atoms with Crippen LogP contribution in [0.4, 0.5) is 0 Å². The van der Waals surface area contributed by atoms with Crippen LogP contribution in [0.15, 0.2) is 36.4 Å². The largest absolute Gasteiger partial charge is 0.493 e. The summed E-state index contributed by atoms with van der Waals surface area (Å²) < 4.78 is 10.6. The molecule has 1 atom stereocenters. The molecule has 0 aromatic heterocycles. The third-order valence-corrected chi connectivity index (χ3v) is 4.21. The molecule has 6 nitrogen and oxygen atoms in total. The first kappa shape index (κ1) is 19.3. The fourth-order valence-electron chi connectivity index (χ4n) is 2.89. The van der Waals surface area contributed by atoms with Crippen LogP contribution in [0.1, 0.15) is 40.0 Å². The van der Waals surface area contributed by atoms with E-state index in [1.165, 1.54) is 6.07 Å². The van der Waals surface area contributed by atoms with Gasteiger partial charge in [0.2, 0.25) is 5.91 Å².